The maximum absolute atomic E-state index is 12.6. The van der Waals surface area contributed by atoms with Gasteiger partial charge in [0.25, 0.3) is 0 Å². The molecule has 5 aliphatic rings. The molecule has 5 fully saturated rings. The molecular formula is C14H22N2O2. The summed E-state index contributed by atoms with van der Waals surface area (Å²) in [6, 6.07) is 0. The largest absolute Gasteiger partial charge is 0.381 e. The predicted octanol–water partition coefficient (Wildman–Crippen LogP) is 0.720. The number of Topliss-reactive ketones (excluding diaryl/α,β-unsaturated/α-hetero) is 1. The van der Waals surface area contributed by atoms with Crippen LogP contribution in [0.3, 0.4) is 0 Å². The van der Waals surface area contributed by atoms with Crippen LogP contribution >= 0.6 is 0 Å². The Balaban J connectivity index is 1.77. The summed E-state index contributed by atoms with van der Waals surface area (Å²) >= 11 is 0. The average molecular weight is 250 g/mol. The maximum Gasteiger partial charge on any atom is 0.149 e. The zero-order valence-corrected chi connectivity index (χ0v) is 11.4. The first-order valence-electron chi connectivity index (χ1n) is 7.11. The second-order valence-electron chi connectivity index (χ2n) is 7.26. The van der Waals surface area contributed by atoms with Crippen molar-refractivity contribution in [2.75, 3.05) is 39.4 Å². The van der Waals surface area contributed by atoms with Crippen molar-refractivity contribution >= 4 is 5.78 Å². The molecule has 0 aromatic heterocycles. The smallest absolute Gasteiger partial charge is 0.149 e. The number of hydrogen-bond donors (Lipinski definition) is 0. The lowest BCUT2D eigenvalue weighted by Gasteiger charge is -2.70. The molecule has 0 unspecified atom stereocenters. The van der Waals surface area contributed by atoms with E-state index in [1.165, 1.54) is 0 Å². The van der Waals surface area contributed by atoms with Gasteiger partial charge in [-0.3, -0.25) is 14.6 Å². The van der Waals surface area contributed by atoms with Gasteiger partial charge < -0.3 is 4.74 Å². The Hall–Kier alpha value is -0.450. The average Bonchev–Trinajstić information content (AvgIpc) is 2.32. The van der Waals surface area contributed by atoms with Gasteiger partial charge in [-0.2, -0.15) is 0 Å². The van der Waals surface area contributed by atoms with Gasteiger partial charge in [-0.15, -0.1) is 0 Å². The third kappa shape index (κ3) is 1.15. The molecule has 4 nitrogen and oxygen atoms in total. The third-order valence-electron chi connectivity index (χ3n) is 5.73. The molecule has 1 spiro atoms. The van der Waals surface area contributed by atoms with E-state index in [1.54, 1.807) is 0 Å². The highest BCUT2D eigenvalue weighted by Gasteiger charge is 2.66. The normalized spacial score (nSPS) is 53.1. The van der Waals surface area contributed by atoms with E-state index in [2.05, 4.69) is 23.6 Å². The van der Waals surface area contributed by atoms with Gasteiger partial charge in [-0.05, 0) is 0 Å². The van der Waals surface area contributed by atoms with E-state index >= 15 is 0 Å². The van der Waals surface area contributed by atoms with Gasteiger partial charge in [0.15, 0.2) is 0 Å². The van der Waals surface area contributed by atoms with Crippen molar-refractivity contribution in [1.29, 1.82) is 0 Å². The molecule has 5 rings (SSSR count). The van der Waals surface area contributed by atoms with Gasteiger partial charge in [0.1, 0.15) is 5.78 Å². The van der Waals surface area contributed by atoms with Crippen molar-refractivity contribution < 1.29 is 9.53 Å². The molecule has 4 bridgehead atoms. The summed E-state index contributed by atoms with van der Waals surface area (Å²) < 4.78 is 5.55. The predicted molar refractivity (Wildman–Crippen MR) is 67.2 cm³/mol. The van der Waals surface area contributed by atoms with E-state index in [0.29, 0.717) is 5.78 Å². The van der Waals surface area contributed by atoms with Crippen LogP contribution in [0.25, 0.3) is 0 Å². The molecule has 5 saturated heterocycles. The van der Waals surface area contributed by atoms with Crippen LogP contribution in [-0.2, 0) is 9.53 Å². The first-order valence-corrected chi connectivity index (χ1v) is 7.11. The Morgan fingerprint density at radius 1 is 0.944 bits per heavy atom. The van der Waals surface area contributed by atoms with Crippen molar-refractivity contribution in [3.05, 3.63) is 0 Å². The number of piperidine rings is 2. The minimum Gasteiger partial charge on any atom is -0.381 e. The Labute approximate surface area is 108 Å². The van der Waals surface area contributed by atoms with Crippen LogP contribution in [-0.4, -0.2) is 60.6 Å². The van der Waals surface area contributed by atoms with E-state index in [-0.39, 0.29) is 16.5 Å². The molecule has 5 aliphatic heterocycles. The van der Waals surface area contributed by atoms with Crippen LogP contribution in [0.4, 0.5) is 0 Å². The molecule has 0 aliphatic carbocycles. The summed E-state index contributed by atoms with van der Waals surface area (Å²) in [4.78, 5) is 17.8. The Kier molecular flexibility index (Phi) is 2.00. The minimum atomic E-state index is -0.130. The molecule has 0 aromatic carbocycles. The summed E-state index contributed by atoms with van der Waals surface area (Å²) in [5, 5.41) is 0. The van der Waals surface area contributed by atoms with E-state index in [0.717, 1.165) is 52.2 Å². The van der Waals surface area contributed by atoms with Crippen LogP contribution < -0.4 is 0 Å². The van der Waals surface area contributed by atoms with Crippen molar-refractivity contribution in [3.63, 3.8) is 0 Å². The highest BCUT2D eigenvalue weighted by molar-refractivity contribution is 5.92. The molecule has 18 heavy (non-hydrogen) atoms. The minimum absolute atomic E-state index is 0.130. The molecule has 0 N–H and O–H groups in total. The molecule has 4 heteroatoms. The molecule has 0 radical (unpaired) electrons. The quantitative estimate of drug-likeness (QED) is 0.634. The van der Waals surface area contributed by atoms with Crippen molar-refractivity contribution in [3.8, 4) is 0 Å². The van der Waals surface area contributed by atoms with Crippen LogP contribution in [0.2, 0.25) is 0 Å². The van der Waals surface area contributed by atoms with Crippen molar-refractivity contribution in [1.82, 2.24) is 9.80 Å². The second kappa shape index (κ2) is 3.17. The Morgan fingerprint density at radius 2 is 1.39 bits per heavy atom. The Bertz CT molecular complexity index is 372. The zero-order valence-electron chi connectivity index (χ0n) is 11.4. The number of nitrogens with zero attached hydrogens (tertiary/aromatic N) is 2. The fourth-order valence-electron chi connectivity index (χ4n) is 5.03. The number of ketones is 1. The molecule has 100 valence electrons. The standard InChI is InChI=1S/C14H22N2O2/c1-12-7-15-9-13(2,11(12)17)10-16(8-12)14(15)3-5-18-6-4-14/h3-10H2,1-2H3. The van der Waals surface area contributed by atoms with Crippen LogP contribution in [0.15, 0.2) is 0 Å². The first kappa shape index (κ1) is 11.4. The zero-order chi connectivity index (χ0) is 12.6. The fourth-order valence-corrected chi connectivity index (χ4v) is 5.03. The van der Waals surface area contributed by atoms with Gasteiger partial charge in [0, 0.05) is 52.2 Å². The van der Waals surface area contributed by atoms with Crippen LogP contribution in [0.1, 0.15) is 26.7 Å². The Morgan fingerprint density at radius 3 is 1.83 bits per heavy atom. The highest BCUT2D eigenvalue weighted by Crippen LogP contribution is 2.53. The van der Waals surface area contributed by atoms with E-state index in [1.807, 2.05) is 0 Å². The van der Waals surface area contributed by atoms with Crippen LogP contribution in [0.5, 0.6) is 0 Å². The molecule has 0 amide bonds. The first-order chi connectivity index (χ1) is 8.49. The van der Waals surface area contributed by atoms with Crippen LogP contribution in [0, 0.1) is 10.8 Å². The molecule has 0 atom stereocenters. The summed E-state index contributed by atoms with van der Waals surface area (Å²) in [6.45, 7) is 9.89. The summed E-state index contributed by atoms with van der Waals surface area (Å²) in [7, 11) is 0. The number of rotatable bonds is 0. The lowest BCUT2D eigenvalue weighted by Crippen LogP contribution is -2.83. The SMILES string of the molecule is CC12CN3CC(C)(CN(C1)C31CCOCC1)C2=O. The number of carbonyl (C=O) groups excluding carboxylic acids is 1. The van der Waals surface area contributed by atoms with Gasteiger partial charge in [-0.1, -0.05) is 13.8 Å². The number of ether oxygens (including phenoxy) is 1. The fraction of sp³-hybridized carbons (Fsp3) is 0.929. The van der Waals surface area contributed by atoms with Gasteiger partial charge in [0.05, 0.1) is 16.5 Å². The second-order valence-corrected chi connectivity index (χ2v) is 7.26. The van der Waals surface area contributed by atoms with Gasteiger partial charge in [-0.25, -0.2) is 0 Å². The van der Waals surface area contributed by atoms with Crippen molar-refractivity contribution in [2.24, 2.45) is 10.8 Å². The topological polar surface area (TPSA) is 32.8 Å². The van der Waals surface area contributed by atoms with Crippen molar-refractivity contribution in [2.45, 2.75) is 32.4 Å². The lowest BCUT2D eigenvalue weighted by atomic mass is 9.60. The number of carbonyl (C=O) groups is 1. The van der Waals surface area contributed by atoms with Gasteiger partial charge >= 0.3 is 0 Å². The van der Waals surface area contributed by atoms with E-state index < -0.39 is 0 Å². The molecule has 0 aromatic rings. The summed E-state index contributed by atoms with van der Waals surface area (Å²) in [5.41, 5.74) is -0.0540. The third-order valence-corrected chi connectivity index (χ3v) is 5.73. The molecular weight excluding hydrogens is 228 g/mol. The monoisotopic (exact) mass is 250 g/mol. The maximum atomic E-state index is 12.6. The van der Waals surface area contributed by atoms with E-state index in [4.69, 9.17) is 4.74 Å². The summed E-state index contributed by atoms with van der Waals surface area (Å²) in [6.07, 6.45) is 2.21. The number of hydrogen-bond acceptors (Lipinski definition) is 4. The highest BCUT2D eigenvalue weighted by atomic mass is 16.5. The molecule has 5 heterocycles. The summed E-state index contributed by atoms with van der Waals surface area (Å²) in [5.74, 6) is 0.504. The molecule has 0 saturated carbocycles. The van der Waals surface area contributed by atoms with E-state index in [9.17, 15) is 4.79 Å². The lowest BCUT2D eigenvalue weighted by molar-refractivity contribution is -0.246. The van der Waals surface area contributed by atoms with Gasteiger partial charge in [0.2, 0.25) is 0 Å².